The minimum Gasteiger partial charge on any atom is -0.314 e. The highest BCUT2D eigenvalue weighted by atomic mass is 19.1. The normalized spacial score (nSPS) is 35.6. The summed E-state index contributed by atoms with van der Waals surface area (Å²) < 4.78 is 12.4. The number of nitrogens with zero attached hydrogens (tertiary/aromatic N) is 1. The van der Waals surface area contributed by atoms with Gasteiger partial charge in [0.2, 0.25) is 6.04 Å². The maximum absolute atomic E-state index is 12.4. The second-order valence-corrected chi connectivity index (χ2v) is 2.53. The van der Waals surface area contributed by atoms with Gasteiger partial charge in [0, 0.05) is 12.8 Å². The fraction of sp³-hybridized carbons (Fsp3) is 0.857. The van der Waals surface area contributed by atoms with E-state index in [1.807, 2.05) is 0 Å². The lowest BCUT2D eigenvalue weighted by atomic mass is 9.95. The van der Waals surface area contributed by atoms with Gasteiger partial charge in [-0.3, -0.25) is 0 Å². The Morgan fingerprint density at radius 3 is 2.22 bits per heavy atom. The number of rotatable bonds is 0. The first-order valence-corrected chi connectivity index (χ1v) is 3.33. The minimum absolute atomic E-state index is 0.122. The van der Waals surface area contributed by atoms with E-state index in [2.05, 4.69) is 4.85 Å². The first-order valence-electron chi connectivity index (χ1n) is 3.33. The van der Waals surface area contributed by atoms with E-state index in [1.54, 1.807) is 0 Å². The van der Waals surface area contributed by atoms with Crippen molar-refractivity contribution in [3.63, 3.8) is 0 Å². The van der Waals surface area contributed by atoms with Crippen LogP contribution in [0.1, 0.15) is 25.7 Å². The third-order valence-corrected chi connectivity index (χ3v) is 1.81. The molecule has 0 aromatic rings. The van der Waals surface area contributed by atoms with Gasteiger partial charge >= 0.3 is 0 Å². The first kappa shape index (κ1) is 6.54. The summed E-state index contributed by atoms with van der Waals surface area (Å²) in [6.45, 7) is 6.67. The standard InChI is InChI=1S/C7H10FN/c1-9-7-4-2-6(8)3-5-7/h6-7H,2-5H2. The lowest BCUT2D eigenvalue weighted by Gasteiger charge is -2.14. The van der Waals surface area contributed by atoms with Gasteiger partial charge in [-0.1, -0.05) is 0 Å². The second kappa shape index (κ2) is 2.82. The van der Waals surface area contributed by atoms with Crippen LogP contribution in [-0.4, -0.2) is 12.2 Å². The monoisotopic (exact) mass is 127 g/mol. The molecule has 0 heterocycles. The van der Waals surface area contributed by atoms with Crippen molar-refractivity contribution >= 4 is 0 Å². The number of hydrogen-bond donors (Lipinski definition) is 0. The van der Waals surface area contributed by atoms with Crippen LogP contribution in [0.4, 0.5) is 4.39 Å². The number of alkyl halides is 1. The van der Waals surface area contributed by atoms with Crippen molar-refractivity contribution in [3.8, 4) is 0 Å². The lowest BCUT2D eigenvalue weighted by molar-refractivity contribution is 0.246. The molecular formula is C7H10FN. The van der Waals surface area contributed by atoms with Crippen LogP contribution in [0.5, 0.6) is 0 Å². The first-order chi connectivity index (χ1) is 4.33. The van der Waals surface area contributed by atoms with Crippen LogP contribution in [0.2, 0.25) is 0 Å². The summed E-state index contributed by atoms with van der Waals surface area (Å²) in [6, 6.07) is 0.122. The number of hydrogen-bond acceptors (Lipinski definition) is 0. The average molecular weight is 127 g/mol. The molecule has 0 atom stereocenters. The molecule has 0 bridgehead atoms. The zero-order valence-electron chi connectivity index (χ0n) is 5.31. The van der Waals surface area contributed by atoms with Crippen molar-refractivity contribution in [2.45, 2.75) is 37.9 Å². The minimum atomic E-state index is -0.622. The molecule has 0 radical (unpaired) electrons. The average Bonchev–Trinajstić information content (AvgIpc) is 1.90. The van der Waals surface area contributed by atoms with Crippen molar-refractivity contribution in [2.75, 3.05) is 0 Å². The summed E-state index contributed by atoms with van der Waals surface area (Å²) in [5.41, 5.74) is 0. The highest BCUT2D eigenvalue weighted by molar-refractivity contribution is 4.84. The Hall–Kier alpha value is -0.580. The zero-order valence-corrected chi connectivity index (χ0v) is 5.31. The third kappa shape index (κ3) is 1.67. The van der Waals surface area contributed by atoms with Crippen LogP contribution in [0.15, 0.2) is 0 Å². The van der Waals surface area contributed by atoms with E-state index >= 15 is 0 Å². The molecule has 1 rings (SSSR count). The van der Waals surface area contributed by atoms with Gasteiger partial charge in [-0.25, -0.2) is 11.0 Å². The van der Waals surface area contributed by atoms with Gasteiger partial charge in [0.05, 0.1) is 0 Å². The smallest absolute Gasteiger partial charge is 0.223 e. The third-order valence-electron chi connectivity index (χ3n) is 1.81. The van der Waals surface area contributed by atoms with Crippen LogP contribution in [0, 0.1) is 6.57 Å². The van der Waals surface area contributed by atoms with Crippen molar-refractivity contribution in [1.82, 2.24) is 0 Å². The molecule has 1 saturated carbocycles. The fourth-order valence-electron chi connectivity index (χ4n) is 1.16. The maximum atomic E-state index is 12.4. The van der Waals surface area contributed by atoms with Gasteiger partial charge in [0.15, 0.2) is 0 Å². The summed E-state index contributed by atoms with van der Waals surface area (Å²) >= 11 is 0. The van der Waals surface area contributed by atoms with E-state index in [0.717, 1.165) is 12.8 Å². The molecule has 0 spiro atoms. The largest absolute Gasteiger partial charge is 0.314 e. The molecule has 1 aliphatic rings. The van der Waals surface area contributed by atoms with Gasteiger partial charge in [0.25, 0.3) is 0 Å². The van der Waals surface area contributed by atoms with Gasteiger partial charge < -0.3 is 4.85 Å². The molecule has 1 fully saturated rings. The van der Waals surface area contributed by atoms with Gasteiger partial charge in [-0.2, -0.15) is 0 Å². The topological polar surface area (TPSA) is 4.36 Å². The Kier molecular flexibility index (Phi) is 2.05. The molecule has 50 valence electrons. The predicted octanol–water partition coefficient (Wildman–Crippen LogP) is 2.19. The van der Waals surface area contributed by atoms with Crippen LogP contribution >= 0.6 is 0 Å². The van der Waals surface area contributed by atoms with Crippen LogP contribution in [0.25, 0.3) is 4.85 Å². The molecule has 9 heavy (non-hydrogen) atoms. The Labute approximate surface area is 54.7 Å². The van der Waals surface area contributed by atoms with E-state index in [4.69, 9.17) is 6.57 Å². The maximum Gasteiger partial charge on any atom is 0.223 e. The summed E-state index contributed by atoms with van der Waals surface area (Å²) in [4.78, 5) is 3.37. The summed E-state index contributed by atoms with van der Waals surface area (Å²) in [5.74, 6) is 0. The van der Waals surface area contributed by atoms with Crippen molar-refractivity contribution in [2.24, 2.45) is 0 Å². The quantitative estimate of drug-likeness (QED) is 0.439. The van der Waals surface area contributed by atoms with Gasteiger partial charge in [0.1, 0.15) is 6.17 Å². The summed E-state index contributed by atoms with van der Waals surface area (Å²) in [7, 11) is 0. The second-order valence-electron chi connectivity index (χ2n) is 2.53. The Balaban J connectivity index is 2.28. The summed E-state index contributed by atoms with van der Waals surface area (Å²) in [5, 5.41) is 0. The van der Waals surface area contributed by atoms with Crippen LogP contribution < -0.4 is 0 Å². The molecule has 0 unspecified atom stereocenters. The molecule has 2 heteroatoms. The highest BCUT2D eigenvalue weighted by Gasteiger charge is 2.23. The molecule has 0 N–H and O–H groups in total. The fourth-order valence-corrected chi connectivity index (χ4v) is 1.16. The van der Waals surface area contributed by atoms with Crippen molar-refractivity contribution in [3.05, 3.63) is 11.4 Å². The van der Waals surface area contributed by atoms with Crippen LogP contribution in [0.3, 0.4) is 0 Å². The molecule has 0 aromatic heterocycles. The van der Waals surface area contributed by atoms with E-state index < -0.39 is 6.17 Å². The molecular weight excluding hydrogens is 117 g/mol. The molecule has 1 aliphatic carbocycles. The van der Waals surface area contributed by atoms with Crippen LogP contribution in [-0.2, 0) is 0 Å². The zero-order chi connectivity index (χ0) is 6.69. The van der Waals surface area contributed by atoms with Crippen molar-refractivity contribution < 1.29 is 4.39 Å². The lowest BCUT2D eigenvalue weighted by Crippen LogP contribution is -2.15. The Morgan fingerprint density at radius 1 is 1.22 bits per heavy atom. The molecule has 0 aromatic carbocycles. The Bertz CT molecular complexity index is 119. The Morgan fingerprint density at radius 2 is 1.78 bits per heavy atom. The summed E-state index contributed by atoms with van der Waals surface area (Å²) in [6.07, 6.45) is 2.12. The molecule has 0 saturated heterocycles. The van der Waals surface area contributed by atoms with E-state index in [-0.39, 0.29) is 6.04 Å². The molecule has 1 nitrogen and oxygen atoms in total. The highest BCUT2D eigenvalue weighted by Crippen LogP contribution is 2.22. The van der Waals surface area contributed by atoms with E-state index in [0.29, 0.717) is 12.8 Å². The van der Waals surface area contributed by atoms with Gasteiger partial charge in [-0.15, -0.1) is 0 Å². The van der Waals surface area contributed by atoms with Crippen molar-refractivity contribution in [1.29, 1.82) is 0 Å². The van der Waals surface area contributed by atoms with E-state index in [9.17, 15) is 4.39 Å². The number of halogens is 1. The van der Waals surface area contributed by atoms with Gasteiger partial charge in [-0.05, 0) is 12.8 Å². The van der Waals surface area contributed by atoms with E-state index in [1.165, 1.54) is 0 Å². The SMILES string of the molecule is [C-]#[N+]C1CCC(F)CC1. The predicted molar refractivity (Wildman–Crippen MR) is 33.8 cm³/mol. The molecule has 0 amide bonds. The molecule has 0 aliphatic heterocycles.